The van der Waals surface area contributed by atoms with E-state index in [-0.39, 0.29) is 12.0 Å². The number of hydrogen-bond donors (Lipinski definition) is 0. The summed E-state index contributed by atoms with van der Waals surface area (Å²) < 4.78 is 17.3. The minimum Gasteiger partial charge on any atom is -0.497 e. The minimum atomic E-state index is -0.421. The molecule has 2 bridgehead atoms. The van der Waals surface area contributed by atoms with Crippen molar-refractivity contribution in [1.29, 1.82) is 0 Å². The van der Waals surface area contributed by atoms with Crippen LogP contribution in [0.1, 0.15) is 48.2 Å². The first kappa shape index (κ1) is 22.7. The van der Waals surface area contributed by atoms with Crippen molar-refractivity contribution in [2.45, 2.75) is 38.3 Å². The van der Waals surface area contributed by atoms with E-state index < -0.39 is 6.10 Å². The number of hydrogen-bond acceptors (Lipinski definition) is 6. The van der Waals surface area contributed by atoms with E-state index in [4.69, 9.17) is 14.2 Å². The smallest absolute Gasteiger partial charge is 0.342 e. The highest BCUT2D eigenvalue weighted by Gasteiger charge is 2.44. The second-order valence-electron chi connectivity index (χ2n) is 9.32. The molecule has 6 nitrogen and oxygen atoms in total. The lowest BCUT2D eigenvalue weighted by Gasteiger charge is -2.51. The molecule has 5 atom stereocenters. The van der Waals surface area contributed by atoms with Crippen molar-refractivity contribution in [1.82, 2.24) is 9.88 Å². The lowest BCUT2D eigenvalue weighted by molar-refractivity contribution is -0.0660. The molecule has 6 heteroatoms. The summed E-state index contributed by atoms with van der Waals surface area (Å²) in [5, 5.41) is 0.953. The molecule has 0 aliphatic carbocycles. The first-order valence-electron chi connectivity index (χ1n) is 12.1. The number of carbonyl (C=O) groups excluding carboxylic acids is 1. The molecule has 0 N–H and O–H groups in total. The van der Waals surface area contributed by atoms with Gasteiger partial charge in [0.05, 0.1) is 25.8 Å². The summed E-state index contributed by atoms with van der Waals surface area (Å²) in [5.41, 5.74) is 2.27. The average Bonchev–Trinajstić information content (AvgIpc) is 2.91. The molecule has 1 aromatic heterocycles. The second kappa shape index (κ2) is 9.63. The Labute approximate surface area is 200 Å². The number of piperidine rings is 3. The highest BCUT2D eigenvalue weighted by atomic mass is 16.5. The van der Waals surface area contributed by atoms with Crippen LogP contribution in [0.15, 0.2) is 54.7 Å². The normalized spacial score (nSPS) is 24.6. The number of pyridine rings is 1. The predicted molar refractivity (Wildman–Crippen MR) is 131 cm³/mol. The molecule has 178 valence electrons. The van der Waals surface area contributed by atoms with E-state index in [0.717, 1.165) is 41.7 Å². The maximum Gasteiger partial charge on any atom is 0.342 e. The van der Waals surface area contributed by atoms with Crippen molar-refractivity contribution in [3.05, 3.63) is 65.9 Å². The van der Waals surface area contributed by atoms with Gasteiger partial charge in [-0.2, -0.15) is 0 Å². The molecular weight excluding hydrogens is 428 g/mol. The molecular formula is C28H32N2O4. The number of rotatable bonds is 7. The highest BCUT2D eigenvalue weighted by Crippen LogP contribution is 2.44. The number of esters is 1. The Morgan fingerprint density at radius 2 is 2.00 bits per heavy atom. The molecule has 1 unspecified atom stereocenters. The van der Waals surface area contributed by atoms with Gasteiger partial charge >= 0.3 is 5.97 Å². The van der Waals surface area contributed by atoms with Crippen LogP contribution in [0, 0.1) is 11.8 Å². The van der Waals surface area contributed by atoms with Gasteiger partial charge in [-0.05, 0) is 67.6 Å². The van der Waals surface area contributed by atoms with Crippen LogP contribution in [-0.2, 0) is 4.74 Å². The monoisotopic (exact) mass is 460 g/mol. The summed E-state index contributed by atoms with van der Waals surface area (Å²) in [4.78, 5) is 20.6. The van der Waals surface area contributed by atoms with E-state index in [0.29, 0.717) is 23.1 Å². The van der Waals surface area contributed by atoms with E-state index in [2.05, 4.69) is 16.8 Å². The number of fused-ring (bicyclic) bond motifs is 4. The number of carbonyl (C=O) groups is 1. The van der Waals surface area contributed by atoms with Crippen molar-refractivity contribution < 1.29 is 19.0 Å². The van der Waals surface area contributed by atoms with Gasteiger partial charge in [0.1, 0.15) is 23.2 Å². The van der Waals surface area contributed by atoms with Gasteiger partial charge in [-0.15, -0.1) is 0 Å². The Balaban J connectivity index is 1.57. The highest BCUT2D eigenvalue weighted by molar-refractivity contribution is 5.93. The Bertz CT molecular complexity index is 1180. The molecule has 6 rings (SSSR count). The summed E-state index contributed by atoms with van der Waals surface area (Å²) in [6, 6.07) is 15.2. The first-order valence-corrected chi connectivity index (χ1v) is 12.1. The largest absolute Gasteiger partial charge is 0.497 e. The van der Waals surface area contributed by atoms with Gasteiger partial charge in [0, 0.05) is 23.7 Å². The van der Waals surface area contributed by atoms with Crippen LogP contribution in [0.3, 0.4) is 0 Å². The standard InChI is InChI=1S/C28H32N2O4/c1-4-18-17-30-14-12-19(18)15-25(30)27(34-28(31)22-7-5-6-8-26(22)33-3)21-11-13-29-24-10-9-20(32-2)16-23(21)24/h5-11,13,16,18-19,25,27H,4,12,14-15,17H2,1-3H3/t18-,19-,25-,27+/m0/s1. The van der Waals surface area contributed by atoms with Gasteiger partial charge in [0.25, 0.3) is 0 Å². The van der Waals surface area contributed by atoms with Gasteiger partial charge < -0.3 is 14.2 Å². The van der Waals surface area contributed by atoms with Crippen LogP contribution in [0.2, 0.25) is 0 Å². The molecule has 0 saturated carbocycles. The van der Waals surface area contributed by atoms with Crippen molar-refractivity contribution in [3.8, 4) is 11.5 Å². The topological polar surface area (TPSA) is 60.9 Å². The van der Waals surface area contributed by atoms with E-state index in [9.17, 15) is 4.79 Å². The minimum absolute atomic E-state index is 0.122. The summed E-state index contributed by atoms with van der Waals surface area (Å²) in [6.45, 7) is 4.38. The van der Waals surface area contributed by atoms with E-state index in [1.54, 1.807) is 32.5 Å². The lowest BCUT2D eigenvalue weighted by Crippen LogP contribution is -2.55. The molecule has 3 saturated heterocycles. The van der Waals surface area contributed by atoms with Crippen LogP contribution < -0.4 is 9.47 Å². The molecule has 2 aromatic carbocycles. The Hall–Kier alpha value is -3.12. The number of benzene rings is 2. The van der Waals surface area contributed by atoms with Gasteiger partial charge in [0.2, 0.25) is 0 Å². The van der Waals surface area contributed by atoms with Crippen LogP contribution in [0.5, 0.6) is 11.5 Å². The Kier molecular flexibility index (Phi) is 6.42. The number of para-hydroxylation sites is 1. The third-order valence-electron chi connectivity index (χ3n) is 7.66. The molecule has 3 aliphatic heterocycles. The second-order valence-corrected chi connectivity index (χ2v) is 9.32. The Morgan fingerprint density at radius 1 is 1.15 bits per heavy atom. The number of nitrogens with zero attached hydrogens (tertiary/aromatic N) is 2. The zero-order chi connectivity index (χ0) is 23.7. The van der Waals surface area contributed by atoms with Crippen LogP contribution in [0.4, 0.5) is 0 Å². The SMILES string of the molecule is CC[C@H]1CN2CC[C@H]1C[C@H]2[C@H](OC(=O)c1ccccc1OC)c1ccnc2ccc(OC)cc12. The fourth-order valence-electron chi connectivity index (χ4n) is 5.82. The molecule has 34 heavy (non-hydrogen) atoms. The van der Waals surface area contributed by atoms with Crippen molar-refractivity contribution >= 4 is 16.9 Å². The number of methoxy groups -OCH3 is 2. The molecule has 3 aliphatic rings. The fourth-order valence-corrected chi connectivity index (χ4v) is 5.82. The van der Waals surface area contributed by atoms with E-state index in [1.807, 2.05) is 36.4 Å². The maximum atomic E-state index is 13.5. The van der Waals surface area contributed by atoms with Crippen molar-refractivity contribution in [3.63, 3.8) is 0 Å². The number of ether oxygens (including phenoxy) is 3. The van der Waals surface area contributed by atoms with Crippen molar-refractivity contribution in [2.24, 2.45) is 11.8 Å². The third-order valence-corrected chi connectivity index (χ3v) is 7.66. The van der Waals surface area contributed by atoms with E-state index in [1.165, 1.54) is 12.8 Å². The van der Waals surface area contributed by atoms with Crippen LogP contribution in [0.25, 0.3) is 10.9 Å². The quantitative estimate of drug-likeness (QED) is 0.448. The zero-order valence-electron chi connectivity index (χ0n) is 20.1. The lowest BCUT2D eigenvalue weighted by atomic mass is 9.72. The molecule has 4 heterocycles. The van der Waals surface area contributed by atoms with Gasteiger partial charge in [-0.25, -0.2) is 4.79 Å². The summed E-state index contributed by atoms with van der Waals surface area (Å²) in [7, 11) is 3.23. The molecule has 3 aromatic rings. The van der Waals surface area contributed by atoms with Crippen LogP contribution >= 0.6 is 0 Å². The first-order chi connectivity index (χ1) is 16.6. The third kappa shape index (κ3) is 4.11. The average molecular weight is 461 g/mol. The fraction of sp³-hybridized carbons (Fsp3) is 0.429. The molecule has 0 spiro atoms. The van der Waals surface area contributed by atoms with Crippen LogP contribution in [-0.4, -0.2) is 49.2 Å². The predicted octanol–water partition coefficient (Wildman–Crippen LogP) is 5.27. The Morgan fingerprint density at radius 3 is 2.74 bits per heavy atom. The summed E-state index contributed by atoms with van der Waals surface area (Å²) in [5.74, 6) is 2.28. The van der Waals surface area contributed by atoms with Crippen molar-refractivity contribution in [2.75, 3.05) is 27.3 Å². The molecule has 3 fully saturated rings. The van der Waals surface area contributed by atoms with Gasteiger partial charge in [0.15, 0.2) is 0 Å². The molecule has 0 amide bonds. The van der Waals surface area contributed by atoms with Gasteiger partial charge in [-0.3, -0.25) is 9.88 Å². The summed E-state index contributed by atoms with van der Waals surface area (Å²) >= 11 is 0. The van der Waals surface area contributed by atoms with Gasteiger partial charge in [-0.1, -0.05) is 25.5 Å². The summed E-state index contributed by atoms with van der Waals surface area (Å²) in [6.07, 6.45) is 4.81. The zero-order valence-corrected chi connectivity index (χ0v) is 20.1. The number of aromatic nitrogens is 1. The van der Waals surface area contributed by atoms with E-state index >= 15 is 0 Å². The maximum absolute atomic E-state index is 13.5. The molecule has 0 radical (unpaired) electrons.